The Labute approximate surface area is 100 Å². The van der Waals surface area contributed by atoms with E-state index >= 15 is 0 Å². The predicted molar refractivity (Wildman–Crippen MR) is 40.7 cm³/mol. The SMILES string of the molecule is F[P-](F)(F)(F)(F)F.F[P-](F)(F)(F)(F)F.F[P-](F)(F)(F)(F)F.[Lr]. The van der Waals surface area contributed by atoms with Crippen LogP contribution in [0.2, 0.25) is 0 Å². The van der Waals surface area contributed by atoms with Gasteiger partial charge in [0.25, 0.3) is 0 Å². The summed E-state index contributed by atoms with van der Waals surface area (Å²) in [7, 11) is -32.0. The predicted octanol–water partition coefficient (Wildman–Crippen LogP) is 10.1. The van der Waals surface area contributed by atoms with Gasteiger partial charge in [0.05, 0.1) is 0 Å². The van der Waals surface area contributed by atoms with E-state index in [-0.39, 0.29) is 0 Å². The van der Waals surface area contributed by atoms with Crippen molar-refractivity contribution in [2.75, 3.05) is 0 Å². The van der Waals surface area contributed by atoms with Crippen molar-refractivity contribution in [2.24, 2.45) is 0 Å². The Hall–Kier alpha value is -0.970. The molecule has 0 rings (SSSR count). The monoisotopic (exact) mass is 697 g/mol. The number of halogens is 18. The number of hydrogen-bond donors (Lipinski definition) is 0. The summed E-state index contributed by atoms with van der Waals surface area (Å²) in [6, 6.07) is 0. The van der Waals surface area contributed by atoms with Crippen LogP contribution in [0.4, 0.5) is 75.5 Å². The Balaban J connectivity index is -0.000000108. The molecule has 0 spiro atoms. The molecular weight excluding hydrogens is 697 g/mol. The van der Waals surface area contributed by atoms with Crippen molar-refractivity contribution in [3.63, 3.8) is 0 Å². The van der Waals surface area contributed by atoms with Crippen molar-refractivity contribution >= 4 is 23.4 Å². The van der Waals surface area contributed by atoms with E-state index in [1.165, 1.54) is 0 Å². The minimum absolute atomic E-state index is 0. The molecule has 0 saturated heterocycles. The topological polar surface area (TPSA) is 0 Å². The van der Waals surface area contributed by atoms with Gasteiger partial charge in [-0.3, -0.25) is 0 Å². The largest absolute Gasteiger partial charge is 0 e. The Kier molecular flexibility index (Phi) is 4.95. The van der Waals surface area contributed by atoms with Crippen LogP contribution in [0.15, 0.2) is 0 Å². The van der Waals surface area contributed by atoms with Gasteiger partial charge in [-0.2, -0.15) is 0 Å². The Morgan fingerprint density at radius 2 is 0.227 bits per heavy atom. The summed E-state index contributed by atoms with van der Waals surface area (Å²) in [5, 5.41) is 0. The third-order valence-electron chi connectivity index (χ3n) is 0. The number of rotatable bonds is 0. The molecular formula is F18LrP3-3. The van der Waals surface area contributed by atoms with Crippen LogP contribution in [0.25, 0.3) is 0 Å². The Bertz CT molecular complexity index is 265. The normalized spacial score (nSPS) is 22.1. The van der Waals surface area contributed by atoms with E-state index < -0.39 is 23.4 Å². The van der Waals surface area contributed by atoms with E-state index in [2.05, 4.69) is 0 Å². The summed E-state index contributed by atoms with van der Waals surface area (Å²) in [5.74, 6) is 0. The van der Waals surface area contributed by atoms with Crippen molar-refractivity contribution in [1.82, 2.24) is 0 Å². The molecule has 22 heteroatoms. The minimum atomic E-state index is -10.7. The molecule has 0 N–H and O–H groups in total. The van der Waals surface area contributed by atoms with Gasteiger partial charge in [0.2, 0.25) is 0 Å². The van der Waals surface area contributed by atoms with E-state index in [0.717, 1.165) is 0 Å². The van der Waals surface area contributed by atoms with Crippen LogP contribution < -0.4 is 0 Å². The summed E-state index contributed by atoms with van der Waals surface area (Å²) >= 11 is 0. The first-order valence-corrected chi connectivity index (χ1v) is 9.13. The molecule has 0 bridgehead atoms. The van der Waals surface area contributed by atoms with E-state index in [1.807, 2.05) is 0 Å². The molecule has 0 atom stereocenters. The maximum absolute atomic E-state index is 10.7. The van der Waals surface area contributed by atoms with Crippen LogP contribution in [-0.2, 0) is 0 Å². The molecule has 0 aliphatic heterocycles. The van der Waals surface area contributed by atoms with Gasteiger partial charge in [-0.05, 0) is 0 Å². The molecule has 0 nitrogen and oxygen atoms in total. The average molecular weight is 697 g/mol. The first kappa shape index (κ1) is 29.1. The average Bonchev–Trinajstić information content (AvgIpc) is 1.19. The zero-order valence-corrected chi connectivity index (χ0v) is 13.2. The third-order valence-corrected chi connectivity index (χ3v) is 0. The quantitative estimate of drug-likeness (QED) is 0.175. The molecule has 0 aromatic carbocycles. The smallest absolute Gasteiger partial charge is 0 e. The zero-order valence-electron chi connectivity index (χ0n) is 8.40. The number of hydrogen-bond acceptors (Lipinski definition) is 0. The second-order valence-corrected chi connectivity index (χ2v) is 8.62. The fourth-order valence-electron chi connectivity index (χ4n) is 0. The summed E-state index contributed by atoms with van der Waals surface area (Å²) < 4.78 is 178. The van der Waals surface area contributed by atoms with Crippen LogP contribution in [0.1, 0.15) is 0 Å². The van der Waals surface area contributed by atoms with Crippen molar-refractivity contribution < 1.29 is 75.5 Å². The molecule has 0 saturated carbocycles. The molecule has 0 heterocycles. The fourth-order valence-corrected chi connectivity index (χ4v) is 0. The first-order valence-electron chi connectivity index (χ1n) is 3.04. The van der Waals surface area contributed by atoms with Crippen molar-refractivity contribution in [3.8, 4) is 0 Å². The van der Waals surface area contributed by atoms with Gasteiger partial charge in [-0.1, -0.05) is 0 Å². The molecule has 0 aliphatic rings. The molecule has 0 unspecified atom stereocenters. The fraction of sp³-hybridized carbons (Fsp3) is 0. The molecule has 0 fully saturated rings. The van der Waals surface area contributed by atoms with E-state index in [9.17, 15) is 75.5 Å². The molecule has 0 aliphatic carbocycles. The first-order chi connectivity index (χ1) is 7.35. The van der Waals surface area contributed by atoms with Gasteiger partial charge in [-0.25, -0.2) is 0 Å². The Morgan fingerprint density at radius 1 is 0.227 bits per heavy atom. The molecule has 0 aromatic heterocycles. The Morgan fingerprint density at radius 3 is 0.227 bits per heavy atom. The summed E-state index contributed by atoms with van der Waals surface area (Å²) in [5.41, 5.74) is 0. The molecule has 22 heavy (non-hydrogen) atoms. The van der Waals surface area contributed by atoms with E-state index in [4.69, 9.17) is 0 Å². The van der Waals surface area contributed by atoms with Crippen LogP contribution in [0.5, 0.6) is 0 Å². The zero-order chi connectivity index (χ0) is 19.2. The summed E-state index contributed by atoms with van der Waals surface area (Å²) in [6.07, 6.45) is 0. The third kappa shape index (κ3) is 6570. The second kappa shape index (κ2) is 3.74. The minimum Gasteiger partial charge on any atom is 0 e. The van der Waals surface area contributed by atoms with E-state index in [0.29, 0.717) is 0 Å². The maximum atomic E-state index is 9.87. The molecule has 1 radical (unpaired) electrons. The molecule has 0 amide bonds. The van der Waals surface area contributed by atoms with Gasteiger partial charge >= 0.3 is 99.0 Å². The standard InChI is InChI=1S/3F6P.Lr/c3*1-7(2,3,4,5)6;/q3*-1;. The van der Waals surface area contributed by atoms with Crippen LogP contribution >= 0.6 is 23.4 Å². The van der Waals surface area contributed by atoms with Gasteiger partial charge in [0, 0.05) is 0 Å². The van der Waals surface area contributed by atoms with Gasteiger partial charge in [0.15, 0.2) is 0 Å². The second-order valence-electron chi connectivity index (χ2n) is 2.87. The van der Waals surface area contributed by atoms with Gasteiger partial charge < -0.3 is 0 Å². The molecule has 159 valence electrons. The van der Waals surface area contributed by atoms with Crippen LogP contribution in [0.3, 0.4) is 0 Å². The van der Waals surface area contributed by atoms with E-state index in [1.54, 1.807) is 0 Å². The maximum Gasteiger partial charge on any atom is 0 e. The summed E-state index contributed by atoms with van der Waals surface area (Å²) in [4.78, 5) is 0. The van der Waals surface area contributed by atoms with Crippen LogP contribution in [0, 0.1) is 0 Å². The van der Waals surface area contributed by atoms with Crippen molar-refractivity contribution in [1.29, 1.82) is 0 Å². The van der Waals surface area contributed by atoms with Gasteiger partial charge in [0.1, 0.15) is 0 Å². The molecule has 0 aromatic rings. The summed E-state index contributed by atoms with van der Waals surface area (Å²) in [6.45, 7) is 0. The van der Waals surface area contributed by atoms with Crippen LogP contribution in [-0.4, -0.2) is 0 Å². The van der Waals surface area contributed by atoms with Crippen molar-refractivity contribution in [3.05, 3.63) is 0 Å². The van der Waals surface area contributed by atoms with Gasteiger partial charge in [-0.15, -0.1) is 0 Å². The van der Waals surface area contributed by atoms with Crippen molar-refractivity contribution in [2.45, 2.75) is 0 Å².